The van der Waals surface area contributed by atoms with E-state index < -0.39 is 0 Å². The van der Waals surface area contributed by atoms with Crippen LogP contribution in [0.4, 0.5) is 0 Å². The molecule has 0 heterocycles. The lowest BCUT2D eigenvalue weighted by Crippen LogP contribution is -2.33. The standard InChI is InChI=1S/C13H30N2/c1-11(2)12(3)8-10-15(6)13(4)7-9-14-5/h11-14H,7-10H2,1-6H3. The van der Waals surface area contributed by atoms with E-state index in [1.54, 1.807) is 0 Å². The van der Waals surface area contributed by atoms with Crippen molar-refractivity contribution in [3.63, 3.8) is 0 Å². The lowest BCUT2D eigenvalue weighted by molar-refractivity contribution is 0.219. The zero-order valence-electron chi connectivity index (χ0n) is 11.5. The highest BCUT2D eigenvalue weighted by Crippen LogP contribution is 2.15. The molecular formula is C13H30N2. The molecule has 0 spiro atoms. The van der Waals surface area contributed by atoms with Gasteiger partial charge in [0.1, 0.15) is 0 Å². The smallest absolute Gasteiger partial charge is 0.00759 e. The van der Waals surface area contributed by atoms with Crippen molar-refractivity contribution in [1.82, 2.24) is 10.2 Å². The van der Waals surface area contributed by atoms with Crippen molar-refractivity contribution in [3.05, 3.63) is 0 Å². The van der Waals surface area contributed by atoms with Gasteiger partial charge in [-0.15, -0.1) is 0 Å². The minimum atomic E-state index is 0.691. The Hall–Kier alpha value is -0.0800. The number of nitrogens with zero attached hydrogens (tertiary/aromatic N) is 1. The van der Waals surface area contributed by atoms with Crippen LogP contribution in [-0.2, 0) is 0 Å². The molecule has 0 aliphatic carbocycles. The van der Waals surface area contributed by atoms with Gasteiger partial charge in [0, 0.05) is 6.04 Å². The SMILES string of the molecule is CNCCC(C)N(C)CCC(C)C(C)C. The lowest BCUT2D eigenvalue weighted by atomic mass is 9.94. The van der Waals surface area contributed by atoms with Crippen LogP contribution in [0, 0.1) is 11.8 Å². The van der Waals surface area contributed by atoms with Gasteiger partial charge in [-0.3, -0.25) is 0 Å². The minimum absolute atomic E-state index is 0.691. The first-order valence-electron chi connectivity index (χ1n) is 6.33. The van der Waals surface area contributed by atoms with Gasteiger partial charge in [-0.05, 0) is 58.8 Å². The second-order valence-corrected chi connectivity index (χ2v) is 5.23. The maximum absolute atomic E-state index is 3.21. The van der Waals surface area contributed by atoms with E-state index in [-0.39, 0.29) is 0 Å². The van der Waals surface area contributed by atoms with E-state index >= 15 is 0 Å². The Morgan fingerprint density at radius 2 is 1.67 bits per heavy atom. The fourth-order valence-corrected chi connectivity index (χ4v) is 1.53. The third-order valence-electron chi connectivity index (χ3n) is 3.64. The zero-order valence-corrected chi connectivity index (χ0v) is 11.5. The predicted molar refractivity (Wildman–Crippen MR) is 69.3 cm³/mol. The summed E-state index contributed by atoms with van der Waals surface area (Å²) < 4.78 is 0. The molecule has 2 unspecified atom stereocenters. The molecule has 2 nitrogen and oxygen atoms in total. The number of hydrogen-bond acceptors (Lipinski definition) is 2. The average Bonchev–Trinajstić information content (AvgIpc) is 2.21. The Labute approximate surface area is 96.4 Å². The van der Waals surface area contributed by atoms with Crippen LogP contribution in [0.3, 0.4) is 0 Å². The maximum Gasteiger partial charge on any atom is 0.00759 e. The van der Waals surface area contributed by atoms with E-state index in [2.05, 4.69) is 45.0 Å². The summed E-state index contributed by atoms with van der Waals surface area (Å²) in [5, 5.41) is 3.21. The van der Waals surface area contributed by atoms with Gasteiger partial charge in [0.25, 0.3) is 0 Å². The Bertz CT molecular complexity index is 145. The van der Waals surface area contributed by atoms with Crippen LogP contribution < -0.4 is 5.32 Å². The number of rotatable bonds is 8. The first kappa shape index (κ1) is 14.9. The molecule has 0 aliphatic heterocycles. The minimum Gasteiger partial charge on any atom is -0.320 e. The summed E-state index contributed by atoms with van der Waals surface area (Å²) >= 11 is 0. The van der Waals surface area contributed by atoms with E-state index in [1.807, 2.05) is 7.05 Å². The Morgan fingerprint density at radius 3 is 2.13 bits per heavy atom. The molecule has 0 aromatic rings. The van der Waals surface area contributed by atoms with Gasteiger partial charge in [-0.25, -0.2) is 0 Å². The molecule has 15 heavy (non-hydrogen) atoms. The summed E-state index contributed by atoms with van der Waals surface area (Å²) in [4.78, 5) is 2.48. The third kappa shape index (κ3) is 6.91. The maximum atomic E-state index is 3.21. The summed E-state index contributed by atoms with van der Waals surface area (Å²) in [6.45, 7) is 11.6. The highest BCUT2D eigenvalue weighted by Gasteiger charge is 2.11. The molecule has 2 heteroatoms. The molecule has 2 atom stereocenters. The summed E-state index contributed by atoms with van der Waals surface area (Å²) in [6.07, 6.45) is 2.56. The summed E-state index contributed by atoms with van der Waals surface area (Å²) in [7, 11) is 4.26. The fourth-order valence-electron chi connectivity index (χ4n) is 1.53. The lowest BCUT2D eigenvalue weighted by Gasteiger charge is -2.26. The number of hydrogen-bond donors (Lipinski definition) is 1. The average molecular weight is 214 g/mol. The van der Waals surface area contributed by atoms with Crippen molar-refractivity contribution >= 4 is 0 Å². The molecule has 0 aromatic heterocycles. The van der Waals surface area contributed by atoms with Gasteiger partial charge in [-0.1, -0.05) is 20.8 Å². The molecule has 0 fully saturated rings. The fraction of sp³-hybridized carbons (Fsp3) is 1.00. The molecule has 1 N–H and O–H groups in total. The van der Waals surface area contributed by atoms with Crippen LogP contribution >= 0.6 is 0 Å². The molecule has 0 rings (SSSR count). The van der Waals surface area contributed by atoms with Crippen LogP contribution in [0.5, 0.6) is 0 Å². The van der Waals surface area contributed by atoms with Crippen molar-refractivity contribution in [2.45, 2.75) is 46.6 Å². The van der Waals surface area contributed by atoms with E-state index in [9.17, 15) is 0 Å². The van der Waals surface area contributed by atoms with Gasteiger partial charge in [0.15, 0.2) is 0 Å². The van der Waals surface area contributed by atoms with Crippen molar-refractivity contribution < 1.29 is 0 Å². The molecule has 0 radical (unpaired) electrons. The molecule has 0 bridgehead atoms. The third-order valence-corrected chi connectivity index (χ3v) is 3.64. The van der Waals surface area contributed by atoms with Crippen LogP contribution in [0.2, 0.25) is 0 Å². The molecule has 0 saturated heterocycles. The van der Waals surface area contributed by atoms with Gasteiger partial charge >= 0.3 is 0 Å². The van der Waals surface area contributed by atoms with E-state index in [0.29, 0.717) is 6.04 Å². The van der Waals surface area contributed by atoms with Crippen LogP contribution in [0.1, 0.15) is 40.5 Å². The van der Waals surface area contributed by atoms with Crippen molar-refractivity contribution in [3.8, 4) is 0 Å². The highest BCUT2D eigenvalue weighted by molar-refractivity contribution is 4.66. The molecule has 0 aliphatic rings. The molecular weight excluding hydrogens is 184 g/mol. The van der Waals surface area contributed by atoms with Gasteiger partial charge in [0.2, 0.25) is 0 Å². The van der Waals surface area contributed by atoms with E-state index in [1.165, 1.54) is 19.4 Å². The van der Waals surface area contributed by atoms with Crippen LogP contribution in [0.25, 0.3) is 0 Å². The Kier molecular flexibility index (Phi) is 8.07. The largest absolute Gasteiger partial charge is 0.320 e. The summed E-state index contributed by atoms with van der Waals surface area (Å²) in [6, 6.07) is 0.691. The van der Waals surface area contributed by atoms with Gasteiger partial charge < -0.3 is 10.2 Å². The first-order valence-corrected chi connectivity index (χ1v) is 6.33. The zero-order chi connectivity index (χ0) is 11.8. The quantitative estimate of drug-likeness (QED) is 0.668. The second kappa shape index (κ2) is 8.12. The molecule has 0 amide bonds. The van der Waals surface area contributed by atoms with Gasteiger partial charge in [0.05, 0.1) is 0 Å². The van der Waals surface area contributed by atoms with Crippen LogP contribution in [0.15, 0.2) is 0 Å². The van der Waals surface area contributed by atoms with Gasteiger partial charge in [-0.2, -0.15) is 0 Å². The van der Waals surface area contributed by atoms with Crippen molar-refractivity contribution in [2.24, 2.45) is 11.8 Å². The van der Waals surface area contributed by atoms with Crippen molar-refractivity contribution in [1.29, 1.82) is 0 Å². The molecule has 0 saturated carbocycles. The monoisotopic (exact) mass is 214 g/mol. The van der Waals surface area contributed by atoms with Crippen molar-refractivity contribution in [2.75, 3.05) is 27.2 Å². The van der Waals surface area contributed by atoms with E-state index in [4.69, 9.17) is 0 Å². The second-order valence-electron chi connectivity index (χ2n) is 5.23. The van der Waals surface area contributed by atoms with E-state index in [0.717, 1.165) is 18.4 Å². The Morgan fingerprint density at radius 1 is 1.07 bits per heavy atom. The normalized spacial score (nSPS) is 16.0. The molecule has 92 valence electrons. The van der Waals surface area contributed by atoms with Crippen LogP contribution in [-0.4, -0.2) is 38.1 Å². The number of nitrogens with one attached hydrogen (secondary N) is 1. The predicted octanol–water partition coefficient (Wildman–Crippen LogP) is 2.60. The molecule has 0 aromatic carbocycles. The highest BCUT2D eigenvalue weighted by atomic mass is 15.1. The first-order chi connectivity index (χ1) is 6.99. The summed E-state index contributed by atoms with van der Waals surface area (Å²) in [5.41, 5.74) is 0. The topological polar surface area (TPSA) is 15.3 Å². The summed E-state index contributed by atoms with van der Waals surface area (Å²) in [5.74, 6) is 1.65. The Balaban J connectivity index is 3.67.